The van der Waals surface area contributed by atoms with E-state index in [0.717, 1.165) is 31.6 Å². The van der Waals surface area contributed by atoms with Gasteiger partial charge in [-0.2, -0.15) is 5.10 Å². The lowest BCUT2D eigenvalue weighted by atomic mass is 10.0. The van der Waals surface area contributed by atoms with Gasteiger partial charge in [-0.05, 0) is 50.3 Å². The highest BCUT2D eigenvalue weighted by Gasteiger charge is 2.27. The molecule has 1 saturated heterocycles. The number of likely N-dealkylation sites (tertiary alicyclic amines) is 1. The molecule has 1 aromatic heterocycles. The average Bonchev–Trinajstić information content (AvgIpc) is 3.18. The monoisotopic (exact) mass is 342 g/mol. The molecule has 6 nitrogen and oxygen atoms in total. The number of carbonyl (C=O) groups excluding carboxylic acids is 1. The fraction of sp³-hybridized carbons (Fsp3) is 0.474. The van der Waals surface area contributed by atoms with Crippen molar-refractivity contribution in [2.24, 2.45) is 13.0 Å². The molecule has 3 rings (SSSR count). The fourth-order valence-electron chi connectivity index (χ4n) is 3.22. The predicted molar refractivity (Wildman–Crippen MR) is 97.8 cm³/mol. The van der Waals surface area contributed by atoms with Crippen molar-refractivity contribution >= 4 is 11.7 Å². The van der Waals surface area contributed by atoms with Gasteiger partial charge in [0.2, 0.25) is 0 Å². The van der Waals surface area contributed by atoms with E-state index >= 15 is 0 Å². The number of ether oxygens (including phenoxy) is 1. The van der Waals surface area contributed by atoms with Crippen LogP contribution in [-0.2, 0) is 13.5 Å². The third kappa shape index (κ3) is 4.53. The molecule has 0 bridgehead atoms. The Balaban J connectivity index is 1.57. The largest absolute Gasteiger partial charge is 0.489 e. The van der Waals surface area contributed by atoms with E-state index in [4.69, 9.17) is 4.74 Å². The lowest BCUT2D eigenvalue weighted by Gasteiger charge is -2.19. The van der Waals surface area contributed by atoms with Gasteiger partial charge in [0.25, 0.3) is 0 Å². The van der Waals surface area contributed by atoms with Crippen LogP contribution in [0.1, 0.15) is 25.8 Å². The lowest BCUT2D eigenvalue weighted by Crippen LogP contribution is -2.33. The van der Waals surface area contributed by atoms with Crippen LogP contribution in [0.25, 0.3) is 0 Å². The van der Waals surface area contributed by atoms with Gasteiger partial charge >= 0.3 is 6.03 Å². The average molecular weight is 342 g/mol. The van der Waals surface area contributed by atoms with Gasteiger partial charge < -0.3 is 15.0 Å². The number of rotatable bonds is 5. The number of anilines is 1. The molecule has 6 heteroatoms. The topological polar surface area (TPSA) is 59.4 Å². The molecule has 2 heterocycles. The van der Waals surface area contributed by atoms with Gasteiger partial charge in [0.1, 0.15) is 5.75 Å². The van der Waals surface area contributed by atoms with E-state index in [2.05, 4.69) is 10.4 Å². The third-order valence-corrected chi connectivity index (χ3v) is 4.35. The second-order valence-corrected chi connectivity index (χ2v) is 6.92. The normalized spacial score (nSPS) is 17.1. The number of para-hydroxylation sites is 2. The summed E-state index contributed by atoms with van der Waals surface area (Å²) in [5, 5.41) is 7.20. The number of hydrogen-bond donors (Lipinski definition) is 1. The highest BCUT2D eigenvalue weighted by molar-refractivity contribution is 5.91. The number of amides is 2. The van der Waals surface area contributed by atoms with E-state index < -0.39 is 0 Å². The molecule has 134 valence electrons. The van der Waals surface area contributed by atoms with Gasteiger partial charge in [-0.15, -0.1) is 0 Å². The van der Waals surface area contributed by atoms with Gasteiger partial charge in [0, 0.05) is 26.3 Å². The van der Waals surface area contributed by atoms with Crippen molar-refractivity contribution in [2.75, 3.05) is 18.4 Å². The molecule has 1 unspecified atom stereocenters. The minimum absolute atomic E-state index is 0.0616. The highest BCUT2D eigenvalue weighted by atomic mass is 16.5. The Labute approximate surface area is 148 Å². The molecule has 0 spiro atoms. The second kappa shape index (κ2) is 7.59. The molecular formula is C19H26N4O2. The minimum Gasteiger partial charge on any atom is -0.489 e. The summed E-state index contributed by atoms with van der Waals surface area (Å²) < 4.78 is 7.59. The van der Waals surface area contributed by atoms with Crippen LogP contribution in [0.2, 0.25) is 0 Å². The van der Waals surface area contributed by atoms with Crippen LogP contribution in [-0.4, -0.2) is 39.9 Å². The summed E-state index contributed by atoms with van der Waals surface area (Å²) in [6.07, 6.45) is 6.00. The number of aryl methyl sites for hydroxylation is 1. The van der Waals surface area contributed by atoms with E-state index in [0.29, 0.717) is 11.7 Å². The van der Waals surface area contributed by atoms with Crippen molar-refractivity contribution in [1.29, 1.82) is 0 Å². The van der Waals surface area contributed by atoms with Gasteiger partial charge in [-0.25, -0.2) is 4.79 Å². The first-order chi connectivity index (χ1) is 12.0. The number of nitrogens with one attached hydrogen (secondary N) is 1. The first-order valence-corrected chi connectivity index (χ1v) is 8.80. The van der Waals surface area contributed by atoms with Crippen molar-refractivity contribution in [3.8, 4) is 5.75 Å². The molecule has 1 N–H and O–H groups in total. The molecule has 0 saturated carbocycles. The molecule has 25 heavy (non-hydrogen) atoms. The molecule has 1 aliphatic rings. The summed E-state index contributed by atoms with van der Waals surface area (Å²) in [4.78, 5) is 14.5. The molecule has 2 aromatic rings. The van der Waals surface area contributed by atoms with Crippen molar-refractivity contribution in [3.05, 3.63) is 42.2 Å². The maximum absolute atomic E-state index is 12.6. The van der Waals surface area contributed by atoms with E-state index in [1.807, 2.05) is 67.1 Å². The molecule has 1 fully saturated rings. The quantitative estimate of drug-likeness (QED) is 0.907. The van der Waals surface area contributed by atoms with Crippen molar-refractivity contribution in [3.63, 3.8) is 0 Å². The summed E-state index contributed by atoms with van der Waals surface area (Å²) in [7, 11) is 1.93. The number of nitrogens with zero attached hydrogens (tertiary/aromatic N) is 3. The number of carbonyl (C=O) groups is 1. The maximum Gasteiger partial charge on any atom is 0.321 e. The Hall–Kier alpha value is -2.50. The molecule has 1 aliphatic heterocycles. The van der Waals surface area contributed by atoms with Crippen LogP contribution in [0.3, 0.4) is 0 Å². The third-order valence-electron chi connectivity index (χ3n) is 4.35. The summed E-state index contributed by atoms with van der Waals surface area (Å²) in [6, 6.07) is 7.50. The fourth-order valence-corrected chi connectivity index (χ4v) is 3.22. The molecule has 2 amide bonds. The second-order valence-electron chi connectivity index (χ2n) is 6.92. The standard InChI is InChI=1S/C19H26N4O2/c1-14(2)25-18-7-5-4-6-17(18)21-19(24)23-9-8-15(13-23)10-16-11-20-22(3)12-16/h4-7,11-12,14-15H,8-10,13H2,1-3H3,(H,21,24). The van der Waals surface area contributed by atoms with Crippen LogP contribution < -0.4 is 10.1 Å². The predicted octanol–water partition coefficient (Wildman–Crippen LogP) is 3.30. The number of hydrogen-bond acceptors (Lipinski definition) is 3. The van der Waals surface area contributed by atoms with Gasteiger partial charge in [0.05, 0.1) is 18.0 Å². The number of urea groups is 1. The van der Waals surface area contributed by atoms with Gasteiger partial charge in [0.15, 0.2) is 0 Å². The van der Waals surface area contributed by atoms with Crippen LogP contribution in [0, 0.1) is 5.92 Å². The minimum atomic E-state index is -0.0616. The zero-order valence-electron chi connectivity index (χ0n) is 15.1. The molecular weight excluding hydrogens is 316 g/mol. The zero-order valence-corrected chi connectivity index (χ0v) is 15.1. The smallest absolute Gasteiger partial charge is 0.321 e. The van der Waals surface area contributed by atoms with E-state index in [1.165, 1.54) is 5.56 Å². The first-order valence-electron chi connectivity index (χ1n) is 8.80. The Bertz CT molecular complexity index is 726. The number of aromatic nitrogens is 2. The van der Waals surface area contributed by atoms with Crippen molar-refractivity contribution in [1.82, 2.24) is 14.7 Å². The Morgan fingerprint density at radius 2 is 2.20 bits per heavy atom. The maximum atomic E-state index is 12.6. The molecule has 1 atom stereocenters. The van der Waals surface area contributed by atoms with Crippen LogP contribution in [0.5, 0.6) is 5.75 Å². The van der Waals surface area contributed by atoms with Crippen molar-refractivity contribution < 1.29 is 9.53 Å². The summed E-state index contributed by atoms with van der Waals surface area (Å²) in [5.41, 5.74) is 1.95. The Morgan fingerprint density at radius 1 is 1.40 bits per heavy atom. The summed E-state index contributed by atoms with van der Waals surface area (Å²) in [6.45, 7) is 5.50. The number of benzene rings is 1. The van der Waals surface area contributed by atoms with E-state index in [-0.39, 0.29) is 12.1 Å². The zero-order chi connectivity index (χ0) is 17.8. The van der Waals surface area contributed by atoms with Crippen LogP contribution in [0.15, 0.2) is 36.7 Å². The molecule has 1 aromatic carbocycles. The lowest BCUT2D eigenvalue weighted by molar-refractivity contribution is 0.219. The summed E-state index contributed by atoms with van der Waals surface area (Å²) in [5.74, 6) is 1.19. The van der Waals surface area contributed by atoms with E-state index in [9.17, 15) is 4.79 Å². The molecule has 0 radical (unpaired) electrons. The summed E-state index contributed by atoms with van der Waals surface area (Å²) >= 11 is 0. The van der Waals surface area contributed by atoms with Crippen LogP contribution >= 0.6 is 0 Å². The Kier molecular flexibility index (Phi) is 5.26. The Morgan fingerprint density at radius 3 is 2.92 bits per heavy atom. The van der Waals surface area contributed by atoms with Gasteiger partial charge in [-0.1, -0.05) is 12.1 Å². The van der Waals surface area contributed by atoms with Crippen molar-refractivity contribution in [2.45, 2.75) is 32.8 Å². The SMILES string of the molecule is CC(C)Oc1ccccc1NC(=O)N1CCC(Cc2cnn(C)c2)C1. The van der Waals surface area contributed by atoms with Crippen LogP contribution in [0.4, 0.5) is 10.5 Å². The van der Waals surface area contributed by atoms with E-state index in [1.54, 1.807) is 0 Å². The van der Waals surface area contributed by atoms with Gasteiger partial charge in [-0.3, -0.25) is 4.68 Å². The molecule has 0 aliphatic carbocycles. The first kappa shape index (κ1) is 17.3. The highest BCUT2D eigenvalue weighted by Crippen LogP contribution is 2.26.